The van der Waals surface area contributed by atoms with E-state index >= 15 is 0 Å². The predicted octanol–water partition coefficient (Wildman–Crippen LogP) is 6.18. The maximum absolute atomic E-state index is 12.8. The summed E-state index contributed by atoms with van der Waals surface area (Å²) in [5, 5.41) is 15.6. The van der Waals surface area contributed by atoms with Crippen LogP contribution in [0.4, 0.5) is 4.79 Å². The van der Waals surface area contributed by atoms with Crippen molar-refractivity contribution >= 4 is 29.3 Å². The van der Waals surface area contributed by atoms with Crippen molar-refractivity contribution in [3.8, 4) is 22.6 Å². The van der Waals surface area contributed by atoms with E-state index in [1.54, 1.807) is 0 Å². The van der Waals surface area contributed by atoms with E-state index < -0.39 is 18.1 Å². The van der Waals surface area contributed by atoms with Gasteiger partial charge in [0.2, 0.25) is 0 Å². The van der Waals surface area contributed by atoms with Gasteiger partial charge in [-0.2, -0.15) is 0 Å². The maximum atomic E-state index is 12.8. The van der Waals surface area contributed by atoms with Gasteiger partial charge in [-0.1, -0.05) is 97.1 Å². The number of hydrogen-bond acceptors (Lipinski definition) is 5. The molecule has 1 aliphatic carbocycles. The summed E-state index contributed by atoms with van der Waals surface area (Å²) >= 11 is 5.57. The smallest absolute Gasteiger partial charge is 0.407 e. The van der Waals surface area contributed by atoms with Crippen molar-refractivity contribution in [1.29, 1.82) is 0 Å². The average molecular weight is 551 g/mol. The Balaban J connectivity index is 1.12. The second-order valence-corrected chi connectivity index (χ2v) is 10.2. The van der Waals surface area contributed by atoms with Gasteiger partial charge in [0.05, 0.1) is 11.0 Å². The van der Waals surface area contributed by atoms with Gasteiger partial charge in [0.15, 0.2) is 0 Å². The lowest BCUT2D eigenvalue weighted by Crippen LogP contribution is -2.44. The molecule has 4 aromatic rings. The number of carboxylic acid groups (broad SMARTS) is 1. The molecule has 1 heterocycles. The molecule has 7 nitrogen and oxygen atoms in total. The number of aliphatic carboxylic acids is 1. The Labute approximate surface area is 236 Å². The van der Waals surface area contributed by atoms with Gasteiger partial charge < -0.3 is 25.2 Å². The summed E-state index contributed by atoms with van der Waals surface area (Å²) in [5.41, 5.74) is 6.16. The summed E-state index contributed by atoms with van der Waals surface area (Å²) in [6.07, 6.45) is -0.907. The van der Waals surface area contributed by atoms with Crippen molar-refractivity contribution in [3.05, 3.63) is 119 Å². The first-order valence-corrected chi connectivity index (χ1v) is 13.4. The minimum absolute atomic E-state index is 0.0878. The number of para-hydroxylation sites is 2. The number of carboxylic acids is 1. The average Bonchev–Trinajstić information content (AvgIpc) is 3.29. The number of rotatable bonds is 7. The minimum atomic E-state index is -1.26. The van der Waals surface area contributed by atoms with Crippen LogP contribution in [0, 0.1) is 0 Å². The van der Waals surface area contributed by atoms with E-state index in [1.807, 2.05) is 84.9 Å². The Morgan fingerprint density at radius 2 is 1.30 bits per heavy atom. The molecule has 0 fully saturated rings. The molecule has 0 saturated heterocycles. The van der Waals surface area contributed by atoms with E-state index in [4.69, 9.17) is 21.7 Å². The van der Waals surface area contributed by atoms with E-state index in [2.05, 4.69) is 22.8 Å². The van der Waals surface area contributed by atoms with Crippen LogP contribution in [-0.4, -0.2) is 34.8 Å². The molecule has 0 saturated carbocycles. The summed E-state index contributed by atoms with van der Waals surface area (Å²) in [7, 11) is 0. The van der Waals surface area contributed by atoms with Crippen LogP contribution in [0.1, 0.15) is 40.6 Å². The summed E-state index contributed by atoms with van der Waals surface area (Å²) in [6, 6.07) is 29.7. The SMILES string of the molecule is O=C(NC(CC(=S)NC1c2ccccc2Oc2ccccc21)C(=O)O)OCC1c2ccccc2-c2ccccc21. The first kappa shape index (κ1) is 25.6. The van der Waals surface area contributed by atoms with Gasteiger partial charge in [0, 0.05) is 23.5 Å². The monoisotopic (exact) mass is 550 g/mol. The lowest BCUT2D eigenvalue weighted by molar-refractivity contribution is -0.139. The van der Waals surface area contributed by atoms with Gasteiger partial charge in [0.1, 0.15) is 24.1 Å². The Morgan fingerprint density at radius 3 is 1.85 bits per heavy atom. The Kier molecular flexibility index (Phi) is 6.92. The molecule has 1 aliphatic heterocycles. The van der Waals surface area contributed by atoms with Crippen LogP contribution in [0.5, 0.6) is 11.5 Å². The Bertz CT molecular complexity index is 1530. The molecule has 8 heteroatoms. The quantitative estimate of drug-likeness (QED) is 0.237. The van der Waals surface area contributed by atoms with E-state index in [9.17, 15) is 14.7 Å². The molecule has 1 atom stereocenters. The van der Waals surface area contributed by atoms with Crippen LogP contribution in [0.15, 0.2) is 97.1 Å². The largest absolute Gasteiger partial charge is 0.480 e. The predicted molar refractivity (Wildman–Crippen MR) is 155 cm³/mol. The minimum Gasteiger partial charge on any atom is -0.480 e. The van der Waals surface area contributed by atoms with Crippen molar-refractivity contribution < 1.29 is 24.2 Å². The van der Waals surface area contributed by atoms with Gasteiger partial charge >= 0.3 is 12.1 Å². The van der Waals surface area contributed by atoms with E-state index in [0.717, 1.165) is 33.4 Å². The maximum Gasteiger partial charge on any atom is 0.407 e. The molecule has 4 aromatic carbocycles. The number of carbonyl (C=O) groups excluding carboxylic acids is 1. The van der Waals surface area contributed by atoms with Crippen LogP contribution < -0.4 is 15.4 Å². The van der Waals surface area contributed by atoms with E-state index in [-0.39, 0.29) is 25.0 Å². The Morgan fingerprint density at radius 1 is 0.800 bits per heavy atom. The number of alkyl carbamates (subject to hydrolysis) is 1. The number of thiocarbonyl (C=S) groups is 1. The highest BCUT2D eigenvalue weighted by molar-refractivity contribution is 7.80. The van der Waals surface area contributed by atoms with Crippen LogP contribution in [0.25, 0.3) is 11.1 Å². The van der Waals surface area contributed by atoms with Crippen LogP contribution in [0.3, 0.4) is 0 Å². The van der Waals surface area contributed by atoms with E-state index in [1.165, 1.54) is 0 Å². The molecule has 3 N–H and O–H groups in total. The molecular weight excluding hydrogens is 524 g/mol. The number of carbonyl (C=O) groups is 2. The van der Waals surface area contributed by atoms with Gasteiger partial charge in [-0.15, -0.1) is 0 Å². The third-order valence-corrected chi connectivity index (χ3v) is 7.59. The zero-order valence-electron chi connectivity index (χ0n) is 21.4. The molecule has 1 unspecified atom stereocenters. The molecule has 6 rings (SSSR count). The van der Waals surface area contributed by atoms with Crippen molar-refractivity contribution in [1.82, 2.24) is 10.6 Å². The second-order valence-electron chi connectivity index (χ2n) is 9.74. The fraction of sp³-hybridized carbons (Fsp3) is 0.156. The zero-order valence-corrected chi connectivity index (χ0v) is 22.2. The van der Waals surface area contributed by atoms with E-state index in [0.29, 0.717) is 16.5 Å². The number of nitrogens with one attached hydrogen (secondary N) is 2. The summed E-state index contributed by atoms with van der Waals surface area (Å²) in [6.45, 7) is 0.0878. The van der Waals surface area contributed by atoms with Crippen LogP contribution >= 0.6 is 12.2 Å². The fourth-order valence-electron chi connectivity index (χ4n) is 5.45. The third-order valence-electron chi connectivity index (χ3n) is 7.31. The van der Waals surface area contributed by atoms with Crippen molar-refractivity contribution in [2.75, 3.05) is 6.61 Å². The molecule has 200 valence electrons. The topological polar surface area (TPSA) is 96.9 Å². The zero-order chi connectivity index (χ0) is 27.6. The third kappa shape index (κ3) is 4.89. The second kappa shape index (κ2) is 10.8. The van der Waals surface area contributed by atoms with Crippen LogP contribution in [-0.2, 0) is 9.53 Å². The Hall–Kier alpha value is -4.69. The van der Waals surface area contributed by atoms with Gasteiger partial charge in [-0.05, 0) is 34.4 Å². The summed E-state index contributed by atoms with van der Waals surface area (Å²) in [5.74, 6) is 0.0735. The molecule has 40 heavy (non-hydrogen) atoms. The number of hydrogen-bond donors (Lipinski definition) is 3. The highest BCUT2D eigenvalue weighted by Gasteiger charge is 2.31. The normalized spacial score (nSPS) is 14.0. The van der Waals surface area contributed by atoms with Gasteiger partial charge in [-0.25, -0.2) is 9.59 Å². The van der Waals surface area contributed by atoms with Crippen molar-refractivity contribution in [2.45, 2.75) is 24.4 Å². The molecular formula is C32H26N2O5S. The van der Waals surface area contributed by atoms with Crippen LogP contribution in [0.2, 0.25) is 0 Å². The number of ether oxygens (including phenoxy) is 2. The first-order valence-electron chi connectivity index (χ1n) is 13.0. The lowest BCUT2D eigenvalue weighted by atomic mass is 9.94. The molecule has 2 aliphatic rings. The molecule has 0 bridgehead atoms. The van der Waals surface area contributed by atoms with Crippen molar-refractivity contribution in [3.63, 3.8) is 0 Å². The number of benzene rings is 4. The van der Waals surface area contributed by atoms with Gasteiger partial charge in [0.25, 0.3) is 0 Å². The summed E-state index contributed by atoms with van der Waals surface area (Å²) < 4.78 is 11.6. The molecule has 0 aromatic heterocycles. The lowest BCUT2D eigenvalue weighted by Gasteiger charge is -2.30. The highest BCUT2D eigenvalue weighted by atomic mass is 32.1. The standard InChI is InChI=1S/C32H26N2O5S/c35-31(36)26(17-29(40)34-30-23-13-5-7-15-27(23)39-28-16-8-6-14-24(28)30)33-32(37)38-18-25-21-11-3-1-9-19(21)20-10-2-4-12-22(20)25/h1-16,25-26,30H,17-18H2,(H,33,37)(H,34,40)(H,35,36). The highest BCUT2D eigenvalue weighted by Crippen LogP contribution is 2.45. The molecule has 1 amide bonds. The summed E-state index contributed by atoms with van der Waals surface area (Å²) in [4.78, 5) is 25.1. The first-order chi connectivity index (χ1) is 19.5. The van der Waals surface area contributed by atoms with Gasteiger partial charge in [-0.3, -0.25) is 0 Å². The molecule has 0 radical (unpaired) electrons. The number of amides is 1. The number of fused-ring (bicyclic) bond motifs is 5. The molecule has 0 spiro atoms. The van der Waals surface area contributed by atoms with Crippen molar-refractivity contribution in [2.24, 2.45) is 0 Å². The fourth-order valence-corrected chi connectivity index (χ4v) is 5.74.